The molecule has 0 radical (unpaired) electrons. The molecule has 268 valence electrons. The number of aliphatic hydroxyl groups excluding tert-OH is 1. The van der Waals surface area contributed by atoms with Gasteiger partial charge in [0, 0.05) is 65.5 Å². The third-order valence-electron chi connectivity index (χ3n) is 6.77. The minimum atomic E-state index is -0.621. The van der Waals surface area contributed by atoms with E-state index in [0.717, 1.165) is 12.8 Å². The Labute approximate surface area is 277 Å². The molecule has 2 N–H and O–H groups in total. The van der Waals surface area contributed by atoms with Crippen LogP contribution in [-0.2, 0) is 33.4 Å². The number of carbonyl (C=O) groups excluding carboxylic acids is 4. The van der Waals surface area contributed by atoms with Gasteiger partial charge in [-0.3, -0.25) is 38.8 Å². The van der Waals surface area contributed by atoms with E-state index in [2.05, 4.69) is 5.32 Å². The van der Waals surface area contributed by atoms with Crippen LogP contribution in [0.5, 0.6) is 0 Å². The summed E-state index contributed by atoms with van der Waals surface area (Å²) in [5.74, 6) is -1.12. The molecule has 1 amide bonds. The largest absolute Gasteiger partial charge is 0.459 e. The van der Waals surface area contributed by atoms with Gasteiger partial charge in [0.2, 0.25) is 5.91 Å². The first-order valence-corrected chi connectivity index (χ1v) is 16.7. The van der Waals surface area contributed by atoms with Gasteiger partial charge in [-0.2, -0.15) is 0 Å². The number of hydrogen-bond acceptors (Lipinski definition) is 12. The van der Waals surface area contributed by atoms with Crippen molar-refractivity contribution < 1.29 is 38.5 Å². The molecule has 0 aromatic rings. The Morgan fingerprint density at radius 1 is 0.522 bits per heavy atom. The molecular weight excluding hydrogens is 594 g/mol. The van der Waals surface area contributed by atoms with Gasteiger partial charge in [-0.25, -0.2) is 0 Å². The summed E-state index contributed by atoms with van der Waals surface area (Å²) >= 11 is 0. The first-order chi connectivity index (χ1) is 21.2. The fourth-order valence-electron chi connectivity index (χ4n) is 4.78. The fourth-order valence-corrected chi connectivity index (χ4v) is 4.78. The Morgan fingerprint density at radius 3 is 1.11 bits per heavy atom. The van der Waals surface area contributed by atoms with Crippen LogP contribution in [0, 0.1) is 0 Å². The van der Waals surface area contributed by atoms with Crippen molar-refractivity contribution in [1.82, 2.24) is 24.9 Å². The number of aliphatic hydroxyl groups is 1. The number of rotatable bonds is 13. The van der Waals surface area contributed by atoms with Gasteiger partial charge >= 0.3 is 17.9 Å². The molecule has 1 rings (SSSR count). The van der Waals surface area contributed by atoms with E-state index in [4.69, 9.17) is 19.3 Å². The molecule has 0 bridgehead atoms. The van der Waals surface area contributed by atoms with E-state index in [1.165, 1.54) is 0 Å². The van der Waals surface area contributed by atoms with E-state index in [-0.39, 0.29) is 56.6 Å². The topological polar surface area (TPSA) is 141 Å². The predicted molar refractivity (Wildman–Crippen MR) is 177 cm³/mol. The lowest BCUT2D eigenvalue weighted by Gasteiger charge is -2.34. The SMILES string of the molecule is CC(C)(C)OC(=O)CN1CCN(CC(=O)NCCCCCO)CCN(CC(=O)OC(C)(C)C)CCN(CC(=O)OC(C)(C)C)CC1. The summed E-state index contributed by atoms with van der Waals surface area (Å²) in [6, 6.07) is 0. The number of hydrogen-bond donors (Lipinski definition) is 2. The molecule has 1 aliphatic rings. The zero-order chi connectivity index (χ0) is 35.0. The maximum absolute atomic E-state index is 12.9. The highest BCUT2D eigenvalue weighted by Gasteiger charge is 2.26. The normalized spacial score (nSPS) is 17.4. The second-order valence-corrected chi connectivity index (χ2v) is 15.0. The molecule has 46 heavy (non-hydrogen) atoms. The maximum atomic E-state index is 12.9. The zero-order valence-corrected chi connectivity index (χ0v) is 30.1. The van der Waals surface area contributed by atoms with Crippen LogP contribution in [0.3, 0.4) is 0 Å². The van der Waals surface area contributed by atoms with E-state index < -0.39 is 16.8 Å². The van der Waals surface area contributed by atoms with Gasteiger partial charge in [-0.1, -0.05) is 0 Å². The smallest absolute Gasteiger partial charge is 0.320 e. The van der Waals surface area contributed by atoms with E-state index in [0.29, 0.717) is 65.3 Å². The van der Waals surface area contributed by atoms with Gasteiger partial charge in [0.1, 0.15) is 16.8 Å². The second kappa shape index (κ2) is 20.1. The van der Waals surface area contributed by atoms with Crippen LogP contribution < -0.4 is 5.32 Å². The van der Waals surface area contributed by atoms with Crippen molar-refractivity contribution >= 4 is 23.8 Å². The molecule has 1 fully saturated rings. The molecule has 13 heteroatoms. The fraction of sp³-hybridized carbons (Fsp3) is 0.879. The number of nitrogens with one attached hydrogen (secondary N) is 1. The number of nitrogens with zero attached hydrogens (tertiary/aromatic N) is 4. The predicted octanol–water partition coefficient (Wildman–Crippen LogP) is 1.51. The summed E-state index contributed by atoms with van der Waals surface area (Å²) in [4.78, 5) is 59.3. The van der Waals surface area contributed by atoms with Crippen molar-refractivity contribution in [2.24, 2.45) is 0 Å². The molecule has 1 heterocycles. The Balaban J connectivity index is 3.16. The molecule has 0 atom stereocenters. The highest BCUT2D eigenvalue weighted by Crippen LogP contribution is 2.11. The van der Waals surface area contributed by atoms with Crippen LogP contribution >= 0.6 is 0 Å². The highest BCUT2D eigenvalue weighted by molar-refractivity contribution is 5.78. The van der Waals surface area contributed by atoms with E-state index >= 15 is 0 Å². The van der Waals surface area contributed by atoms with Gasteiger partial charge in [0.05, 0.1) is 26.2 Å². The number of amides is 1. The van der Waals surface area contributed by atoms with Crippen LogP contribution in [0.2, 0.25) is 0 Å². The van der Waals surface area contributed by atoms with Crippen molar-refractivity contribution in [1.29, 1.82) is 0 Å². The molecular formula is C33H63N5O8. The second-order valence-electron chi connectivity index (χ2n) is 15.0. The molecule has 0 saturated carbocycles. The molecule has 1 saturated heterocycles. The van der Waals surface area contributed by atoms with E-state index in [1.54, 1.807) is 0 Å². The van der Waals surface area contributed by atoms with Crippen LogP contribution in [0.15, 0.2) is 0 Å². The average Bonchev–Trinajstić information content (AvgIpc) is 2.86. The van der Waals surface area contributed by atoms with Gasteiger partial charge < -0.3 is 24.6 Å². The van der Waals surface area contributed by atoms with Crippen molar-refractivity contribution in [3.8, 4) is 0 Å². The summed E-state index contributed by atoms with van der Waals surface area (Å²) in [6.45, 7) is 21.5. The Morgan fingerprint density at radius 2 is 0.826 bits per heavy atom. The van der Waals surface area contributed by atoms with Gasteiger partial charge in [-0.15, -0.1) is 0 Å². The summed E-state index contributed by atoms with van der Waals surface area (Å²) in [6.07, 6.45) is 2.34. The minimum absolute atomic E-state index is 0.0719. The van der Waals surface area contributed by atoms with Crippen molar-refractivity contribution in [3.05, 3.63) is 0 Å². The molecule has 1 aliphatic heterocycles. The Bertz CT molecular complexity index is 896. The quantitative estimate of drug-likeness (QED) is 0.169. The zero-order valence-electron chi connectivity index (χ0n) is 30.1. The maximum Gasteiger partial charge on any atom is 0.320 e. The summed E-state index contributed by atoms with van der Waals surface area (Å²) in [5, 5.41) is 12.0. The van der Waals surface area contributed by atoms with Crippen LogP contribution in [0.25, 0.3) is 0 Å². The van der Waals surface area contributed by atoms with Crippen molar-refractivity contribution in [3.63, 3.8) is 0 Å². The lowest BCUT2D eigenvalue weighted by molar-refractivity contribution is -0.158. The monoisotopic (exact) mass is 657 g/mol. The number of carbonyl (C=O) groups is 4. The summed E-state index contributed by atoms with van der Waals surface area (Å²) in [5.41, 5.74) is -1.86. The van der Waals surface area contributed by atoms with Gasteiger partial charge in [0.25, 0.3) is 0 Å². The van der Waals surface area contributed by atoms with Crippen molar-refractivity contribution in [2.45, 2.75) is 98.4 Å². The first kappa shape index (κ1) is 41.7. The van der Waals surface area contributed by atoms with Crippen LogP contribution in [-0.4, -0.2) is 157 Å². The Kier molecular flexibility index (Phi) is 18.3. The van der Waals surface area contributed by atoms with E-state index in [1.807, 2.05) is 81.9 Å². The lowest BCUT2D eigenvalue weighted by Crippen LogP contribution is -2.50. The van der Waals surface area contributed by atoms with Crippen LogP contribution in [0.1, 0.15) is 81.6 Å². The molecule has 13 nitrogen and oxygen atoms in total. The third-order valence-corrected chi connectivity index (χ3v) is 6.77. The van der Waals surface area contributed by atoms with Gasteiger partial charge in [-0.05, 0) is 81.6 Å². The number of esters is 3. The molecule has 0 spiro atoms. The molecule has 0 aliphatic carbocycles. The number of unbranched alkanes of at least 4 members (excludes halogenated alkanes) is 2. The van der Waals surface area contributed by atoms with Gasteiger partial charge in [0.15, 0.2) is 0 Å². The number of ether oxygens (including phenoxy) is 3. The summed E-state index contributed by atoms with van der Waals surface area (Å²) < 4.78 is 16.8. The minimum Gasteiger partial charge on any atom is -0.459 e. The average molecular weight is 658 g/mol. The molecule has 0 aromatic heterocycles. The Hall–Kier alpha value is -2.32. The van der Waals surface area contributed by atoms with Crippen molar-refractivity contribution in [2.75, 3.05) is 91.7 Å². The lowest BCUT2D eigenvalue weighted by atomic mass is 10.2. The molecule has 0 aromatic carbocycles. The highest BCUT2D eigenvalue weighted by atomic mass is 16.6. The standard InChI is InChI=1S/C33H63N5O8/c1-31(2,3)44-28(41)24-36-16-14-35(23-27(40)34-13-11-10-12-22-39)15-17-37(25-29(42)45-32(4,5)6)19-21-38(20-18-36)26-30(43)46-33(7,8)9/h39H,10-26H2,1-9H3,(H,34,40). The van der Waals surface area contributed by atoms with Crippen LogP contribution in [0.4, 0.5) is 0 Å². The first-order valence-electron chi connectivity index (χ1n) is 16.7. The molecule has 0 unspecified atom stereocenters. The summed E-state index contributed by atoms with van der Waals surface area (Å²) in [7, 11) is 0. The third kappa shape index (κ3) is 22.2. The van der Waals surface area contributed by atoms with E-state index in [9.17, 15) is 19.2 Å².